The summed E-state index contributed by atoms with van der Waals surface area (Å²) in [6, 6.07) is 17.7. The zero-order valence-corrected chi connectivity index (χ0v) is 26.8. The van der Waals surface area contributed by atoms with Crippen LogP contribution in [0.3, 0.4) is 0 Å². The largest absolute Gasteiger partial charge is 0.497 e. The van der Waals surface area contributed by atoms with E-state index in [9.17, 15) is 9.59 Å². The highest BCUT2D eigenvalue weighted by molar-refractivity contribution is 7.07. The van der Waals surface area contributed by atoms with E-state index < -0.39 is 12.0 Å². The predicted molar refractivity (Wildman–Crippen MR) is 173 cm³/mol. The van der Waals surface area contributed by atoms with Gasteiger partial charge in [0, 0.05) is 5.56 Å². The van der Waals surface area contributed by atoms with Gasteiger partial charge >= 0.3 is 5.97 Å². The molecular weight excluding hydrogens is 608 g/mol. The topological polar surface area (TPSA) is 107 Å². The Bertz CT molecular complexity index is 1980. The Hall–Kier alpha value is -5.03. The normalized spacial score (nSPS) is 15.3. The summed E-state index contributed by atoms with van der Waals surface area (Å²) >= 11 is 1.27. The molecule has 0 saturated carbocycles. The molecular formula is C35H34N2O8S. The summed E-state index contributed by atoms with van der Waals surface area (Å²) in [4.78, 5) is 33.0. The molecule has 1 atom stereocenters. The van der Waals surface area contributed by atoms with Crippen LogP contribution in [0.25, 0.3) is 6.08 Å². The SMILES string of the molecule is CCCC1=C(C(=O)OCC)[C@@H](c2cc(OC)ccc2OC)n2c(s/c(=C\c3ccc(OCc4ccc5c(c4)OCO5)cc3)c2=O)=N1. The van der Waals surface area contributed by atoms with E-state index in [-0.39, 0.29) is 19.0 Å². The quantitative estimate of drug-likeness (QED) is 0.213. The van der Waals surface area contributed by atoms with E-state index in [0.29, 0.717) is 62.2 Å². The number of esters is 1. The van der Waals surface area contributed by atoms with Crippen molar-refractivity contribution in [1.29, 1.82) is 0 Å². The van der Waals surface area contributed by atoms with Crippen LogP contribution in [-0.2, 0) is 16.1 Å². The molecule has 4 aromatic rings. The fourth-order valence-electron chi connectivity index (χ4n) is 5.48. The van der Waals surface area contributed by atoms with Gasteiger partial charge in [-0.05, 0) is 73.0 Å². The Morgan fingerprint density at radius 3 is 2.52 bits per heavy atom. The van der Waals surface area contributed by atoms with Crippen LogP contribution in [0.15, 0.2) is 81.7 Å². The van der Waals surface area contributed by atoms with Gasteiger partial charge in [0.2, 0.25) is 6.79 Å². The minimum absolute atomic E-state index is 0.185. The molecule has 3 heterocycles. The molecule has 0 spiro atoms. The second-order valence-electron chi connectivity index (χ2n) is 10.6. The molecule has 11 heteroatoms. The van der Waals surface area contributed by atoms with Crippen molar-refractivity contribution >= 4 is 23.4 Å². The molecule has 0 unspecified atom stereocenters. The van der Waals surface area contributed by atoms with E-state index >= 15 is 0 Å². The van der Waals surface area contributed by atoms with E-state index in [1.807, 2.05) is 55.5 Å². The van der Waals surface area contributed by atoms with E-state index in [2.05, 4.69) is 0 Å². The zero-order chi connectivity index (χ0) is 32.2. The van der Waals surface area contributed by atoms with Crippen LogP contribution in [0.2, 0.25) is 0 Å². The molecule has 10 nitrogen and oxygen atoms in total. The molecule has 0 N–H and O–H groups in total. The second-order valence-corrected chi connectivity index (χ2v) is 11.6. The van der Waals surface area contributed by atoms with Gasteiger partial charge < -0.3 is 28.4 Å². The first kappa shape index (κ1) is 31.0. The number of aromatic nitrogens is 1. The van der Waals surface area contributed by atoms with Gasteiger partial charge in [0.1, 0.15) is 29.9 Å². The average Bonchev–Trinajstić information content (AvgIpc) is 3.67. The highest BCUT2D eigenvalue weighted by atomic mass is 32.1. The number of allylic oxidation sites excluding steroid dienone is 1. The third-order valence-corrected chi connectivity index (χ3v) is 8.63. The standard InChI is InChI=1S/C35H34N2O8S/c1-5-7-26-31(34(39)42-6-2)32(25-18-24(40-3)13-15-27(25)41-4)37-33(38)30(46-35(37)36-26)17-21-8-11-23(12-9-21)43-19-22-10-14-28-29(16-22)45-20-44-28/h8-18,32H,5-7,19-20H2,1-4H3/b30-17-/t32-/m1/s1. The minimum atomic E-state index is -0.823. The maximum Gasteiger partial charge on any atom is 0.338 e. The lowest BCUT2D eigenvalue weighted by Crippen LogP contribution is -2.40. The number of fused-ring (bicyclic) bond motifs is 2. The summed E-state index contributed by atoms with van der Waals surface area (Å²) in [5, 5.41) is 0. The van der Waals surface area contributed by atoms with Crippen molar-refractivity contribution in [2.24, 2.45) is 4.99 Å². The number of hydrogen-bond donors (Lipinski definition) is 0. The van der Waals surface area contributed by atoms with Gasteiger partial charge in [-0.25, -0.2) is 9.79 Å². The summed E-state index contributed by atoms with van der Waals surface area (Å²) < 4.78 is 35.6. The summed E-state index contributed by atoms with van der Waals surface area (Å²) in [5.74, 6) is 2.68. The van der Waals surface area contributed by atoms with Gasteiger partial charge in [-0.15, -0.1) is 0 Å². The van der Waals surface area contributed by atoms with E-state index in [0.717, 1.165) is 23.3 Å². The first-order valence-corrected chi connectivity index (χ1v) is 15.8. The number of carbonyl (C=O) groups is 1. The van der Waals surface area contributed by atoms with Gasteiger partial charge in [-0.2, -0.15) is 0 Å². The predicted octanol–water partition coefficient (Wildman–Crippen LogP) is 4.90. The maximum absolute atomic E-state index is 14.1. The van der Waals surface area contributed by atoms with Crippen molar-refractivity contribution in [3.8, 4) is 28.7 Å². The molecule has 2 aliphatic rings. The van der Waals surface area contributed by atoms with Gasteiger partial charge in [-0.1, -0.05) is 42.9 Å². The number of rotatable bonds is 11. The lowest BCUT2D eigenvalue weighted by molar-refractivity contribution is -0.139. The number of hydrogen-bond acceptors (Lipinski definition) is 10. The molecule has 0 bridgehead atoms. The second kappa shape index (κ2) is 13.5. The van der Waals surface area contributed by atoms with Gasteiger partial charge in [-0.3, -0.25) is 9.36 Å². The molecule has 0 aliphatic carbocycles. The zero-order valence-electron chi connectivity index (χ0n) is 26.0. The molecule has 6 rings (SSSR count). The van der Waals surface area contributed by atoms with Crippen LogP contribution in [0.5, 0.6) is 28.7 Å². The third kappa shape index (κ3) is 6.10. The molecule has 1 aromatic heterocycles. The van der Waals surface area contributed by atoms with Crippen molar-refractivity contribution in [3.63, 3.8) is 0 Å². The third-order valence-electron chi connectivity index (χ3n) is 7.64. The molecule has 46 heavy (non-hydrogen) atoms. The lowest BCUT2D eigenvalue weighted by Gasteiger charge is -2.27. The Balaban J connectivity index is 1.37. The Kier molecular flexibility index (Phi) is 9.11. The summed E-state index contributed by atoms with van der Waals surface area (Å²) in [5.41, 5.74) is 3.01. The van der Waals surface area contributed by atoms with Crippen LogP contribution in [0.4, 0.5) is 0 Å². The Morgan fingerprint density at radius 2 is 1.78 bits per heavy atom. The summed E-state index contributed by atoms with van der Waals surface area (Å²) in [7, 11) is 3.12. The molecule has 0 saturated heterocycles. The van der Waals surface area contributed by atoms with Crippen LogP contribution in [0, 0.1) is 0 Å². The fraction of sp³-hybridized carbons (Fsp3) is 0.286. The molecule has 3 aromatic carbocycles. The lowest BCUT2D eigenvalue weighted by atomic mass is 9.93. The van der Waals surface area contributed by atoms with Gasteiger partial charge in [0.15, 0.2) is 16.3 Å². The van der Waals surface area contributed by atoms with E-state index in [1.165, 1.54) is 11.3 Å². The first-order valence-electron chi connectivity index (χ1n) is 15.0. The molecule has 2 aliphatic heterocycles. The van der Waals surface area contributed by atoms with Gasteiger partial charge in [0.05, 0.1) is 36.6 Å². The van der Waals surface area contributed by atoms with Crippen molar-refractivity contribution in [3.05, 3.63) is 108 Å². The monoisotopic (exact) mass is 642 g/mol. The number of methoxy groups -OCH3 is 2. The first-order chi connectivity index (χ1) is 22.4. The van der Waals surface area contributed by atoms with Gasteiger partial charge in [0.25, 0.3) is 5.56 Å². The molecule has 0 fully saturated rings. The van der Waals surface area contributed by atoms with Crippen molar-refractivity contribution in [2.75, 3.05) is 27.6 Å². The van der Waals surface area contributed by atoms with Crippen molar-refractivity contribution in [1.82, 2.24) is 4.57 Å². The van der Waals surface area contributed by atoms with Crippen molar-refractivity contribution < 1.29 is 33.2 Å². The number of benzene rings is 3. The number of nitrogens with zero attached hydrogens (tertiary/aromatic N) is 2. The smallest absolute Gasteiger partial charge is 0.338 e. The van der Waals surface area contributed by atoms with Crippen LogP contribution in [0.1, 0.15) is 49.4 Å². The minimum Gasteiger partial charge on any atom is -0.497 e. The highest BCUT2D eigenvalue weighted by Crippen LogP contribution is 2.39. The van der Waals surface area contributed by atoms with Crippen LogP contribution in [-0.4, -0.2) is 38.2 Å². The maximum atomic E-state index is 14.1. The number of ether oxygens (including phenoxy) is 6. The fourth-order valence-corrected chi connectivity index (χ4v) is 6.50. The summed E-state index contributed by atoms with van der Waals surface area (Å²) in [6.45, 7) is 4.54. The number of thiazole rings is 1. The molecule has 238 valence electrons. The van der Waals surface area contributed by atoms with E-state index in [4.69, 9.17) is 33.4 Å². The van der Waals surface area contributed by atoms with E-state index in [1.54, 1.807) is 43.9 Å². The number of carbonyl (C=O) groups excluding carboxylic acids is 1. The average molecular weight is 643 g/mol. The Morgan fingerprint density at radius 1 is 1.00 bits per heavy atom. The van der Waals surface area contributed by atoms with Crippen LogP contribution >= 0.6 is 11.3 Å². The van der Waals surface area contributed by atoms with Crippen LogP contribution < -0.4 is 38.6 Å². The van der Waals surface area contributed by atoms with Crippen molar-refractivity contribution in [2.45, 2.75) is 39.3 Å². The highest BCUT2D eigenvalue weighted by Gasteiger charge is 2.36. The molecule has 0 amide bonds. The molecule has 0 radical (unpaired) electrons. The Labute approximate surface area is 269 Å². The summed E-state index contributed by atoms with van der Waals surface area (Å²) in [6.07, 6.45) is 3.11.